The van der Waals surface area contributed by atoms with Crippen LogP contribution in [0.1, 0.15) is 22.3 Å². The number of fused-ring (bicyclic) bond motifs is 3. The molecule has 0 aromatic heterocycles. The summed E-state index contributed by atoms with van der Waals surface area (Å²) in [5, 5.41) is 0. The fourth-order valence-electron chi connectivity index (χ4n) is 2.91. The Kier molecular flexibility index (Phi) is 2.44. The summed E-state index contributed by atoms with van der Waals surface area (Å²) in [6.07, 6.45) is 1.09. The Labute approximate surface area is 109 Å². The minimum atomic E-state index is 1.09. The van der Waals surface area contributed by atoms with Gasteiger partial charge in [0.15, 0.2) is 0 Å². The fraction of sp³-hybridized carbons (Fsp3) is 0.294. The first kappa shape index (κ1) is 11.3. The highest BCUT2D eigenvalue weighted by atomic mass is 15.1. The molecule has 2 aromatic rings. The first-order valence-corrected chi connectivity index (χ1v) is 6.47. The second-order valence-corrected chi connectivity index (χ2v) is 5.52. The van der Waals surface area contributed by atoms with Gasteiger partial charge in [-0.3, -0.25) is 0 Å². The highest BCUT2D eigenvalue weighted by molar-refractivity contribution is 5.81. The van der Waals surface area contributed by atoms with E-state index in [2.05, 4.69) is 63.2 Å². The zero-order valence-electron chi connectivity index (χ0n) is 11.5. The fourth-order valence-corrected chi connectivity index (χ4v) is 2.91. The topological polar surface area (TPSA) is 3.24 Å². The molecule has 0 aliphatic heterocycles. The Balaban J connectivity index is 2.22. The molecular weight excluding hydrogens is 218 g/mol. The molecule has 0 radical (unpaired) electrons. The summed E-state index contributed by atoms with van der Waals surface area (Å²) in [4.78, 5) is 2.17. The summed E-state index contributed by atoms with van der Waals surface area (Å²) in [6, 6.07) is 11.4. The number of hydrogen-bond acceptors (Lipinski definition) is 1. The largest absolute Gasteiger partial charge is 0.378 e. The normalized spacial score (nSPS) is 12.2. The molecule has 1 aliphatic rings. The molecule has 0 atom stereocenters. The van der Waals surface area contributed by atoms with Gasteiger partial charge in [-0.2, -0.15) is 0 Å². The molecule has 1 nitrogen and oxygen atoms in total. The number of benzene rings is 2. The van der Waals surface area contributed by atoms with Crippen LogP contribution in [0.3, 0.4) is 0 Å². The van der Waals surface area contributed by atoms with Crippen LogP contribution >= 0.6 is 0 Å². The number of anilines is 1. The van der Waals surface area contributed by atoms with Crippen LogP contribution in [0.5, 0.6) is 0 Å². The highest BCUT2D eigenvalue weighted by Gasteiger charge is 2.20. The van der Waals surface area contributed by atoms with E-state index in [9.17, 15) is 0 Å². The average molecular weight is 237 g/mol. The quantitative estimate of drug-likeness (QED) is 0.619. The van der Waals surface area contributed by atoms with E-state index in [0.29, 0.717) is 0 Å². The van der Waals surface area contributed by atoms with E-state index < -0.39 is 0 Å². The van der Waals surface area contributed by atoms with Crippen LogP contribution in [0.25, 0.3) is 11.1 Å². The summed E-state index contributed by atoms with van der Waals surface area (Å²) in [7, 11) is 4.19. The van der Waals surface area contributed by atoms with E-state index in [1.807, 2.05) is 0 Å². The van der Waals surface area contributed by atoms with Crippen molar-refractivity contribution in [1.29, 1.82) is 0 Å². The number of aryl methyl sites for hydroxylation is 2. The van der Waals surface area contributed by atoms with Gasteiger partial charge in [-0.05, 0) is 60.2 Å². The lowest BCUT2D eigenvalue weighted by atomic mass is 9.99. The van der Waals surface area contributed by atoms with Crippen LogP contribution in [-0.2, 0) is 6.42 Å². The predicted molar refractivity (Wildman–Crippen MR) is 78.5 cm³/mol. The number of nitrogens with zero attached hydrogens (tertiary/aromatic N) is 1. The van der Waals surface area contributed by atoms with E-state index in [1.54, 1.807) is 0 Å². The monoisotopic (exact) mass is 237 g/mol. The molecule has 1 aliphatic carbocycles. The molecule has 0 bridgehead atoms. The van der Waals surface area contributed by atoms with Gasteiger partial charge in [-0.15, -0.1) is 0 Å². The third-order valence-corrected chi connectivity index (χ3v) is 3.88. The molecule has 0 fully saturated rings. The molecule has 0 unspecified atom stereocenters. The number of hydrogen-bond donors (Lipinski definition) is 0. The van der Waals surface area contributed by atoms with E-state index in [-0.39, 0.29) is 0 Å². The van der Waals surface area contributed by atoms with Crippen LogP contribution < -0.4 is 4.90 Å². The van der Waals surface area contributed by atoms with Crippen LogP contribution in [0.2, 0.25) is 0 Å². The lowest BCUT2D eigenvalue weighted by Gasteiger charge is -2.14. The molecule has 1 heteroatoms. The van der Waals surface area contributed by atoms with Gasteiger partial charge >= 0.3 is 0 Å². The van der Waals surface area contributed by atoms with Gasteiger partial charge in [0.05, 0.1) is 0 Å². The van der Waals surface area contributed by atoms with Gasteiger partial charge < -0.3 is 4.90 Å². The standard InChI is InChI=1S/C17H19N/c1-11-7-12(2)15-9-13-5-6-14(18(3)4)10-16(13)17(15)8-11/h5-8,10H,9H2,1-4H3. The maximum atomic E-state index is 2.33. The Bertz CT molecular complexity index is 624. The summed E-state index contributed by atoms with van der Waals surface area (Å²) >= 11 is 0. The third kappa shape index (κ3) is 1.62. The van der Waals surface area contributed by atoms with E-state index in [0.717, 1.165) is 6.42 Å². The summed E-state index contributed by atoms with van der Waals surface area (Å²) in [6.45, 7) is 4.41. The van der Waals surface area contributed by atoms with Gasteiger partial charge in [0.1, 0.15) is 0 Å². The van der Waals surface area contributed by atoms with Crippen LogP contribution in [0, 0.1) is 13.8 Å². The van der Waals surface area contributed by atoms with Crippen LogP contribution in [-0.4, -0.2) is 14.1 Å². The molecular formula is C17H19N. The minimum Gasteiger partial charge on any atom is -0.378 e. The summed E-state index contributed by atoms with van der Waals surface area (Å²) < 4.78 is 0. The van der Waals surface area contributed by atoms with Gasteiger partial charge in [0, 0.05) is 19.8 Å². The van der Waals surface area contributed by atoms with E-state index >= 15 is 0 Å². The molecule has 2 aromatic carbocycles. The molecule has 0 saturated heterocycles. The predicted octanol–water partition coefficient (Wildman–Crippen LogP) is 3.94. The van der Waals surface area contributed by atoms with Crippen molar-refractivity contribution in [2.45, 2.75) is 20.3 Å². The van der Waals surface area contributed by atoms with Crippen LogP contribution in [0.4, 0.5) is 5.69 Å². The third-order valence-electron chi connectivity index (χ3n) is 3.88. The van der Waals surface area contributed by atoms with Crippen molar-refractivity contribution < 1.29 is 0 Å². The SMILES string of the molecule is Cc1cc(C)c2c(c1)-c1cc(N(C)C)ccc1C2. The maximum Gasteiger partial charge on any atom is 0.0367 e. The molecule has 18 heavy (non-hydrogen) atoms. The lowest BCUT2D eigenvalue weighted by Crippen LogP contribution is -2.08. The zero-order chi connectivity index (χ0) is 12.9. The van der Waals surface area contributed by atoms with Gasteiger partial charge in [-0.25, -0.2) is 0 Å². The van der Waals surface area contributed by atoms with Crippen molar-refractivity contribution in [3.63, 3.8) is 0 Å². The van der Waals surface area contributed by atoms with Crippen molar-refractivity contribution in [2.24, 2.45) is 0 Å². The van der Waals surface area contributed by atoms with Crippen molar-refractivity contribution in [1.82, 2.24) is 0 Å². The zero-order valence-corrected chi connectivity index (χ0v) is 11.5. The van der Waals surface area contributed by atoms with Crippen LogP contribution in [0.15, 0.2) is 30.3 Å². The Morgan fingerprint density at radius 2 is 1.72 bits per heavy atom. The van der Waals surface area contributed by atoms with Gasteiger partial charge in [0.2, 0.25) is 0 Å². The van der Waals surface area contributed by atoms with Crippen molar-refractivity contribution in [3.8, 4) is 11.1 Å². The molecule has 3 rings (SSSR count). The summed E-state index contributed by atoms with van der Waals surface area (Å²) in [5.41, 5.74) is 9.88. The highest BCUT2D eigenvalue weighted by Crippen LogP contribution is 2.40. The molecule has 92 valence electrons. The first-order chi connectivity index (χ1) is 8.56. The average Bonchev–Trinajstić information content (AvgIpc) is 2.67. The molecule has 0 saturated carbocycles. The van der Waals surface area contributed by atoms with Crippen molar-refractivity contribution in [2.75, 3.05) is 19.0 Å². The van der Waals surface area contributed by atoms with E-state index in [1.165, 1.54) is 39.1 Å². The molecule has 0 amide bonds. The lowest BCUT2D eigenvalue weighted by molar-refractivity contribution is 1.13. The number of rotatable bonds is 1. The summed E-state index contributed by atoms with van der Waals surface area (Å²) in [5.74, 6) is 0. The molecule has 0 heterocycles. The Morgan fingerprint density at radius 1 is 0.944 bits per heavy atom. The van der Waals surface area contributed by atoms with Gasteiger partial charge in [-0.1, -0.05) is 23.8 Å². The Morgan fingerprint density at radius 3 is 2.44 bits per heavy atom. The van der Waals surface area contributed by atoms with Gasteiger partial charge in [0.25, 0.3) is 0 Å². The smallest absolute Gasteiger partial charge is 0.0367 e. The second-order valence-electron chi connectivity index (χ2n) is 5.52. The van der Waals surface area contributed by atoms with Crippen molar-refractivity contribution in [3.05, 3.63) is 52.6 Å². The molecule has 0 spiro atoms. The second kappa shape index (κ2) is 3.88. The Hall–Kier alpha value is -1.76. The van der Waals surface area contributed by atoms with Crippen molar-refractivity contribution >= 4 is 5.69 Å². The first-order valence-electron chi connectivity index (χ1n) is 6.47. The maximum absolute atomic E-state index is 2.33. The van der Waals surface area contributed by atoms with E-state index in [4.69, 9.17) is 0 Å². The minimum absolute atomic E-state index is 1.09. The molecule has 0 N–H and O–H groups in total.